The normalized spacial score (nSPS) is 15.5. The minimum atomic E-state index is -0.736. The smallest absolute Gasteiger partial charge is 0.245 e. The van der Waals surface area contributed by atoms with Gasteiger partial charge in [0.1, 0.15) is 6.04 Å². The zero-order chi connectivity index (χ0) is 26.4. The van der Waals surface area contributed by atoms with Crippen LogP contribution in [0.25, 0.3) is 0 Å². The van der Waals surface area contributed by atoms with Gasteiger partial charge in [-0.05, 0) is 43.4 Å². The molecule has 0 heterocycles. The lowest BCUT2D eigenvalue weighted by Crippen LogP contribution is -2.61. The highest BCUT2D eigenvalue weighted by atomic mass is 16.2. The van der Waals surface area contributed by atoms with E-state index in [1.54, 1.807) is 25.9 Å². The molecular formula is C28H45N3O3. The van der Waals surface area contributed by atoms with Crippen LogP contribution in [0.3, 0.4) is 0 Å². The molecule has 34 heavy (non-hydrogen) atoms. The fourth-order valence-corrected chi connectivity index (χ4v) is 4.20. The monoisotopic (exact) mass is 471 g/mol. The van der Waals surface area contributed by atoms with Gasteiger partial charge in [-0.3, -0.25) is 14.4 Å². The summed E-state index contributed by atoms with van der Waals surface area (Å²) in [5, 5.41) is 6.22. The topological polar surface area (TPSA) is 78.5 Å². The Bertz CT molecular complexity index is 882. The summed E-state index contributed by atoms with van der Waals surface area (Å²) in [6.07, 6.45) is 1.85. The molecule has 0 saturated carbocycles. The summed E-state index contributed by atoms with van der Waals surface area (Å²) in [4.78, 5) is 40.8. The second kappa shape index (κ2) is 11.8. The van der Waals surface area contributed by atoms with E-state index in [4.69, 9.17) is 0 Å². The Labute approximate surface area is 206 Å². The van der Waals surface area contributed by atoms with Crippen molar-refractivity contribution in [1.82, 2.24) is 15.5 Å². The largest absolute Gasteiger partial charge is 0.342 e. The van der Waals surface area contributed by atoms with Crippen molar-refractivity contribution in [2.45, 2.75) is 85.9 Å². The highest BCUT2D eigenvalue weighted by molar-refractivity contribution is 5.93. The molecule has 0 aromatic heterocycles. The average molecular weight is 472 g/mol. The fourth-order valence-electron chi connectivity index (χ4n) is 4.20. The lowest BCUT2D eigenvalue weighted by atomic mass is 9.76. The van der Waals surface area contributed by atoms with Gasteiger partial charge in [0, 0.05) is 12.5 Å². The van der Waals surface area contributed by atoms with E-state index in [-0.39, 0.29) is 29.6 Å². The average Bonchev–Trinajstić information content (AvgIpc) is 2.74. The predicted octanol–water partition coefficient (Wildman–Crippen LogP) is 4.10. The molecule has 0 saturated heterocycles. The molecule has 0 unspecified atom stereocenters. The summed E-state index contributed by atoms with van der Waals surface area (Å²) in [7, 11) is 3.50. The fraction of sp³-hybridized carbons (Fsp3) is 0.607. The minimum absolute atomic E-state index is 0.0211. The molecule has 0 fully saturated rings. The van der Waals surface area contributed by atoms with Crippen LogP contribution in [0.4, 0.5) is 0 Å². The Morgan fingerprint density at radius 2 is 1.47 bits per heavy atom. The Hall–Kier alpha value is -2.47. The van der Waals surface area contributed by atoms with Gasteiger partial charge in [0.05, 0.1) is 12.1 Å². The number of amides is 2. The molecule has 6 heteroatoms. The summed E-state index contributed by atoms with van der Waals surface area (Å²) in [6.45, 7) is 17.2. The lowest BCUT2D eigenvalue weighted by Gasteiger charge is -2.40. The molecule has 2 N–H and O–H groups in total. The summed E-state index contributed by atoms with van der Waals surface area (Å²) in [5.74, 6) is -0.331. The highest BCUT2D eigenvalue weighted by Gasteiger charge is 2.41. The lowest BCUT2D eigenvalue weighted by molar-refractivity contribution is -0.140. The molecule has 3 atom stereocenters. The first kappa shape index (κ1) is 29.6. The first-order valence-electron chi connectivity index (χ1n) is 12.0. The number of Topliss-reactive ketones (excluding diaryl/α,β-unsaturated/α-hetero) is 1. The Morgan fingerprint density at radius 1 is 0.941 bits per heavy atom. The Kier molecular flexibility index (Phi) is 10.2. The third-order valence-electron chi connectivity index (χ3n) is 6.64. The van der Waals surface area contributed by atoms with Crippen LogP contribution in [-0.4, -0.2) is 54.7 Å². The van der Waals surface area contributed by atoms with Gasteiger partial charge in [-0.15, -0.1) is 0 Å². The maximum atomic E-state index is 13.7. The number of carbonyl (C=O) groups excluding carboxylic acids is 3. The number of nitrogens with zero attached hydrogens (tertiary/aromatic N) is 1. The quantitative estimate of drug-likeness (QED) is 0.504. The SMILES string of the molecule is CN[C@H](C(=O)N[C@H](C(=O)N(C)[C@H](C=C(C)C(C)=O)C(C)C)C(C)(C)C)C(C)(C)c1ccccc1. The van der Waals surface area contributed by atoms with Crippen molar-refractivity contribution in [2.75, 3.05) is 14.1 Å². The van der Waals surface area contributed by atoms with Gasteiger partial charge in [-0.25, -0.2) is 0 Å². The molecule has 2 amide bonds. The maximum absolute atomic E-state index is 13.7. The van der Waals surface area contributed by atoms with Crippen LogP contribution in [0.15, 0.2) is 42.0 Å². The van der Waals surface area contributed by atoms with Gasteiger partial charge in [0.25, 0.3) is 0 Å². The molecule has 1 aromatic rings. The van der Waals surface area contributed by atoms with Crippen LogP contribution in [0.1, 0.15) is 67.9 Å². The van der Waals surface area contributed by atoms with E-state index in [9.17, 15) is 14.4 Å². The van der Waals surface area contributed by atoms with Crippen LogP contribution < -0.4 is 10.6 Å². The summed E-state index contributed by atoms with van der Waals surface area (Å²) in [6, 6.07) is 8.34. The van der Waals surface area contributed by atoms with Gasteiger partial charge >= 0.3 is 0 Å². The van der Waals surface area contributed by atoms with Crippen molar-refractivity contribution in [3.05, 3.63) is 47.5 Å². The molecule has 0 radical (unpaired) electrons. The van der Waals surface area contributed by atoms with Crippen LogP contribution in [0.5, 0.6) is 0 Å². The Balaban J connectivity index is 3.29. The number of allylic oxidation sites excluding steroid dienone is 1. The molecule has 1 rings (SSSR count). The third kappa shape index (κ3) is 7.26. The maximum Gasteiger partial charge on any atom is 0.245 e. The summed E-state index contributed by atoms with van der Waals surface area (Å²) in [5.41, 5.74) is 0.635. The number of hydrogen-bond acceptors (Lipinski definition) is 4. The summed E-state index contributed by atoms with van der Waals surface area (Å²) >= 11 is 0. The van der Waals surface area contributed by atoms with Gasteiger partial charge in [-0.2, -0.15) is 0 Å². The van der Waals surface area contributed by atoms with E-state index >= 15 is 0 Å². The van der Waals surface area contributed by atoms with Gasteiger partial charge in [0.2, 0.25) is 11.8 Å². The van der Waals surface area contributed by atoms with E-state index in [1.165, 1.54) is 6.92 Å². The number of likely N-dealkylation sites (N-methyl/N-ethyl adjacent to an activating group) is 2. The van der Waals surface area contributed by atoms with E-state index in [2.05, 4.69) is 10.6 Å². The van der Waals surface area contributed by atoms with E-state index in [1.807, 2.05) is 84.9 Å². The van der Waals surface area contributed by atoms with Crippen LogP contribution in [0, 0.1) is 11.3 Å². The first-order valence-corrected chi connectivity index (χ1v) is 12.0. The molecule has 0 aliphatic rings. The van der Waals surface area contributed by atoms with Gasteiger partial charge in [0.15, 0.2) is 5.78 Å². The standard InChI is InChI=1S/C28H45N3O3/c1-18(2)22(17-19(3)20(4)32)31(11)26(34)24(27(5,6)7)30-25(33)23(29-10)28(8,9)21-15-13-12-14-16-21/h12-18,22-24,29H,1-11H3,(H,30,33)/t22-,23-,24-/m1/s1. The highest BCUT2D eigenvalue weighted by Crippen LogP contribution is 2.29. The zero-order valence-corrected chi connectivity index (χ0v) is 22.9. The molecule has 0 aliphatic carbocycles. The second-order valence-corrected chi connectivity index (χ2v) is 11.2. The van der Waals surface area contributed by atoms with E-state index in [0.29, 0.717) is 5.57 Å². The van der Waals surface area contributed by atoms with Crippen molar-refractivity contribution >= 4 is 17.6 Å². The number of nitrogens with one attached hydrogen (secondary N) is 2. The molecule has 6 nitrogen and oxygen atoms in total. The van der Waals surface area contributed by atoms with Crippen LogP contribution in [0.2, 0.25) is 0 Å². The van der Waals surface area contributed by atoms with Crippen molar-refractivity contribution in [3.8, 4) is 0 Å². The number of carbonyl (C=O) groups is 3. The third-order valence-corrected chi connectivity index (χ3v) is 6.64. The second-order valence-electron chi connectivity index (χ2n) is 11.2. The molecule has 0 bridgehead atoms. The molecule has 0 aliphatic heterocycles. The van der Waals surface area contributed by atoms with Gasteiger partial charge in [-0.1, -0.05) is 84.9 Å². The first-order chi connectivity index (χ1) is 15.5. The molecule has 1 aromatic carbocycles. The van der Waals surface area contributed by atoms with E-state index in [0.717, 1.165) is 5.56 Å². The molecule has 0 spiro atoms. The molecular weight excluding hydrogens is 426 g/mol. The van der Waals surface area contributed by atoms with Crippen LogP contribution >= 0.6 is 0 Å². The minimum Gasteiger partial charge on any atom is -0.342 e. The van der Waals surface area contributed by atoms with Crippen molar-refractivity contribution in [1.29, 1.82) is 0 Å². The van der Waals surface area contributed by atoms with Crippen molar-refractivity contribution < 1.29 is 14.4 Å². The zero-order valence-electron chi connectivity index (χ0n) is 22.9. The van der Waals surface area contributed by atoms with Crippen LogP contribution in [-0.2, 0) is 19.8 Å². The van der Waals surface area contributed by atoms with Gasteiger partial charge < -0.3 is 15.5 Å². The predicted molar refractivity (Wildman–Crippen MR) is 140 cm³/mol. The Morgan fingerprint density at radius 3 is 1.88 bits per heavy atom. The number of benzene rings is 1. The van der Waals surface area contributed by atoms with Crippen molar-refractivity contribution in [3.63, 3.8) is 0 Å². The summed E-state index contributed by atoms with van der Waals surface area (Å²) < 4.78 is 0. The number of ketones is 1. The van der Waals surface area contributed by atoms with Crippen molar-refractivity contribution in [2.24, 2.45) is 11.3 Å². The number of rotatable bonds is 10. The molecule has 190 valence electrons. The van der Waals surface area contributed by atoms with E-state index < -0.39 is 22.9 Å². The number of hydrogen-bond donors (Lipinski definition) is 2.